The van der Waals surface area contributed by atoms with Crippen LogP contribution < -0.4 is 9.80 Å². The second-order valence-electron chi connectivity index (χ2n) is 15.1. The van der Waals surface area contributed by atoms with Gasteiger partial charge in [0.05, 0.1) is 22.2 Å². The predicted octanol–water partition coefficient (Wildman–Crippen LogP) is 15.0. The highest BCUT2D eigenvalue weighted by atomic mass is 19.1. The number of aromatic nitrogens is 1. The molecule has 0 atom stereocenters. The van der Waals surface area contributed by atoms with E-state index < -0.39 is 0 Å². The number of hydrogen-bond acceptors (Lipinski definition) is 2. The van der Waals surface area contributed by atoms with Crippen molar-refractivity contribution in [1.82, 2.24) is 4.40 Å². The second kappa shape index (κ2) is 12.7. The van der Waals surface area contributed by atoms with Crippen LogP contribution in [0.25, 0.3) is 59.6 Å². The quantitative estimate of drug-likeness (QED) is 0.168. The Morgan fingerprint density at radius 2 is 0.982 bits per heavy atom. The first kappa shape index (κ1) is 33.1. The van der Waals surface area contributed by atoms with Crippen molar-refractivity contribution >= 4 is 93.8 Å². The normalized spacial score (nSPS) is 11.9. The Bertz CT molecular complexity index is 3350. The fourth-order valence-electron chi connectivity index (χ4n) is 8.84. The van der Waals surface area contributed by atoms with Crippen LogP contribution in [0, 0.1) is 25.5 Å². The molecule has 272 valence electrons. The molecule has 2 heterocycles. The Hall–Kier alpha value is -7.24. The molecule has 11 aromatic rings. The molecule has 0 spiro atoms. The van der Waals surface area contributed by atoms with E-state index >= 15 is 4.39 Å². The molecule has 0 unspecified atom stereocenters. The van der Waals surface area contributed by atoms with E-state index in [1.807, 2.05) is 12.1 Å². The molecule has 0 aliphatic rings. The number of benzene rings is 9. The predicted molar refractivity (Wildman–Crippen MR) is 235 cm³/mol. The molecule has 0 bridgehead atoms. The first-order chi connectivity index (χ1) is 27.9. The molecule has 0 fully saturated rings. The van der Waals surface area contributed by atoms with Gasteiger partial charge in [0.15, 0.2) is 0 Å². The average Bonchev–Trinajstić information content (AvgIpc) is 3.74. The van der Waals surface area contributed by atoms with E-state index in [1.54, 1.807) is 24.3 Å². The van der Waals surface area contributed by atoms with Gasteiger partial charge in [-0.25, -0.2) is 8.78 Å². The largest absolute Gasteiger partial charge is 0.310 e. The van der Waals surface area contributed by atoms with E-state index in [0.29, 0.717) is 0 Å². The summed E-state index contributed by atoms with van der Waals surface area (Å²) in [5.74, 6) is -0.568. The molecule has 0 saturated carbocycles. The Kier molecular flexibility index (Phi) is 7.35. The average molecular weight is 740 g/mol. The number of nitrogens with zero attached hydrogens (tertiary/aromatic N) is 3. The van der Waals surface area contributed by atoms with Crippen LogP contribution in [0.4, 0.5) is 42.9 Å². The maximum absolute atomic E-state index is 15.0. The molecule has 3 nitrogen and oxygen atoms in total. The highest BCUT2D eigenvalue weighted by Gasteiger charge is 2.26. The number of rotatable bonds is 6. The van der Waals surface area contributed by atoms with Gasteiger partial charge in [0.25, 0.3) is 0 Å². The zero-order chi connectivity index (χ0) is 38.4. The molecular formula is C52H35F2N3. The Morgan fingerprint density at radius 3 is 1.68 bits per heavy atom. The molecule has 0 aliphatic heterocycles. The van der Waals surface area contributed by atoms with Gasteiger partial charge in [-0.3, -0.25) is 0 Å². The van der Waals surface area contributed by atoms with Crippen molar-refractivity contribution in [2.75, 3.05) is 9.80 Å². The zero-order valence-electron chi connectivity index (χ0n) is 31.3. The van der Waals surface area contributed by atoms with Crippen molar-refractivity contribution < 1.29 is 8.78 Å². The molecule has 2 aromatic heterocycles. The lowest BCUT2D eigenvalue weighted by Gasteiger charge is -2.26. The van der Waals surface area contributed by atoms with Gasteiger partial charge >= 0.3 is 0 Å². The molecule has 5 heteroatoms. The van der Waals surface area contributed by atoms with Crippen LogP contribution in [-0.4, -0.2) is 4.40 Å². The van der Waals surface area contributed by atoms with E-state index in [1.165, 1.54) is 12.1 Å². The summed E-state index contributed by atoms with van der Waals surface area (Å²) >= 11 is 0. The molecule has 11 rings (SSSR count). The smallest absolute Gasteiger partial charge is 0.125 e. The zero-order valence-corrected chi connectivity index (χ0v) is 31.3. The fraction of sp³-hybridized carbons (Fsp3) is 0.0385. The van der Waals surface area contributed by atoms with Crippen LogP contribution in [0.15, 0.2) is 176 Å². The highest BCUT2D eigenvalue weighted by Crippen LogP contribution is 2.49. The third kappa shape index (κ3) is 5.23. The first-order valence-electron chi connectivity index (χ1n) is 19.2. The number of aryl methyl sites for hydroxylation is 2. The second-order valence-corrected chi connectivity index (χ2v) is 15.1. The first-order valence-corrected chi connectivity index (χ1v) is 19.2. The Labute approximate surface area is 328 Å². The van der Waals surface area contributed by atoms with Gasteiger partial charge in [-0.05, 0) is 121 Å². The summed E-state index contributed by atoms with van der Waals surface area (Å²) in [6, 6.07) is 58.9. The van der Waals surface area contributed by atoms with E-state index in [0.717, 1.165) is 105 Å². The van der Waals surface area contributed by atoms with Gasteiger partial charge in [-0.15, -0.1) is 0 Å². The fourth-order valence-corrected chi connectivity index (χ4v) is 8.84. The minimum absolute atomic E-state index is 0.283. The number of hydrogen-bond donors (Lipinski definition) is 0. The summed E-state index contributed by atoms with van der Waals surface area (Å²) in [4.78, 5) is 4.29. The molecule has 0 N–H and O–H groups in total. The molecule has 0 aliphatic carbocycles. The molecule has 0 saturated heterocycles. The SMILES string of the molecule is Cc1ccc(N(c2cccc(F)c2)c2ccc3cc4c5ccc(N(c6ccc(C)cc6)c6cccc(F)c6)c6c7ccc8ccccc8c7n(c4cc3c2)c56)cc1. The lowest BCUT2D eigenvalue weighted by Crippen LogP contribution is -2.10. The Morgan fingerprint density at radius 1 is 0.386 bits per heavy atom. The monoisotopic (exact) mass is 739 g/mol. The summed E-state index contributed by atoms with van der Waals surface area (Å²) in [6.45, 7) is 4.15. The van der Waals surface area contributed by atoms with Crippen molar-refractivity contribution in [2.45, 2.75) is 13.8 Å². The summed E-state index contributed by atoms with van der Waals surface area (Å²) in [7, 11) is 0. The van der Waals surface area contributed by atoms with Crippen LogP contribution in [-0.2, 0) is 0 Å². The summed E-state index contributed by atoms with van der Waals surface area (Å²) < 4.78 is 32.2. The van der Waals surface area contributed by atoms with Gasteiger partial charge in [0.2, 0.25) is 0 Å². The third-order valence-corrected chi connectivity index (χ3v) is 11.5. The lowest BCUT2D eigenvalue weighted by atomic mass is 10.0. The minimum atomic E-state index is -0.285. The van der Waals surface area contributed by atoms with Crippen LogP contribution in [0.1, 0.15) is 11.1 Å². The molecule has 0 radical (unpaired) electrons. The molecule has 57 heavy (non-hydrogen) atoms. The van der Waals surface area contributed by atoms with Crippen molar-refractivity contribution in [3.63, 3.8) is 0 Å². The van der Waals surface area contributed by atoms with Crippen molar-refractivity contribution in [1.29, 1.82) is 0 Å². The van der Waals surface area contributed by atoms with E-state index in [9.17, 15) is 4.39 Å². The maximum atomic E-state index is 15.0. The van der Waals surface area contributed by atoms with Gasteiger partial charge in [-0.1, -0.05) is 96.1 Å². The van der Waals surface area contributed by atoms with Crippen LogP contribution >= 0.6 is 0 Å². The minimum Gasteiger partial charge on any atom is -0.310 e. The Balaban J connectivity index is 1.22. The number of halogens is 2. The topological polar surface area (TPSA) is 10.9 Å². The molecule has 0 amide bonds. The third-order valence-electron chi connectivity index (χ3n) is 11.5. The van der Waals surface area contributed by atoms with Gasteiger partial charge in [0.1, 0.15) is 11.6 Å². The highest BCUT2D eigenvalue weighted by molar-refractivity contribution is 6.31. The van der Waals surface area contributed by atoms with E-state index in [-0.39, 0.29) is 11.6 Å². The van der Waals surface area contributed by atoms with Gasteiger partial charge < -0.3 is 14.2 Å². The van der Waals surface area contributed by atoms with Gasteiger partial charge in [-0.2, -0.15) is 0 Å². The van der Waals surface area contributed by atoms with Gasteiger partial charge in [0, 0.05) is 55.4 Å². The number of fused-ring (bicyclic) bond motifs is 9. The number of anilines is 6. The van der Waals surface area contributed by atoms with Crippen molar-refractivity contribution in [3.8, 4) is 0 Å². The molecular weight excluding hydrogens is 705 g/mol. The summed E-state index contributed by atoms with van der Waals surface area (Å²) in [5, 5.41) is 9.05. The molecule has 9 aromatic carbocycles. The summed E-state index contributed by atoms with van der Waals surface area (Å²) in [5.41, 5.74) is 11.0. The standard InChI is InChI=1S/C52H35F2N3/c1-32-13-19-39(20-14-32)55(41-10-5-8-37(53)30-41)43-23-17-35-28-47-45-25-26-48(56(40-21-15-33(2)16-22-40)42-11-6-9-38(54)31-42)50-46-24-18-34-7-3-4-12-44(34)51(46)57(52(45)50)49(47)29-36(35)27-43/h3-31H,1-2H3. The summed E-state index contributed by atoms with van der Waals surface area (Å²) in [6.07, 6.45) is 0. The van der Waals surface area contributed by atoms with Crippen molar-refractivity contribution in [3.05, 3.63) is 199 Å². The van der Waals surface area contributed by atoms with Crippen LogP contribution in [0.3, 0.4) is 0 Å². The van der Waals surface area contributed by atoms with Crippen molar-refractivity contribution in [2.24, 2.45) is 0 Å². The van der Waals surface area contributed by atoms with Crippen LogP contribution in [0.2, 0.25) is 0 Å². The maximum Gasteiger partial charge on any atom is 0.125 e. The van der Waals surface area contributed by atoms with Crippen LogP contribution in [0.5, 0.6) is 0 Å². The van der Waals surface area contributed by atoms with E-state index in [2.05, 4.69) is 155 Å². The lowest BCUT2D eigenvalue weighted by molar-refractivity contribution is 0.627. The van der Waals surface area contributed by atoms with E-state index in [4.69, 9.17) is 0 Å².